The van der Waals surface area contributed by atoms with E-state index in [4.69, 9.17) is 0 Å². The van der Waals surface area contributed by atoms with E-state index in [1.165, 1.54) is 24.6 Å². The second kappa shape index (κ2) is 5.58. The van der Waals surface area contributed by atoms with Crippen LogP contribution in [0, 0.1) is 0 Å². The Labute approximate surface area is 106 Å². The van der Waals surface area contributed by atoms with Crippen molar-refractivity contribution in [2.24, 2.45) is 0 Å². The molecule has 1 amide bonds. The first kappa shape index (κ1) is 12.5. The van der Waals surface area contributed by atoms with Crippen LogP contribution in [0.4, 0.5) is 0 Å². The van der Waals surface area contributed by atoms with E-state index in [0.717, 1.165) is 25.9 Å². The van der Waals surface area contributed by atoms with Gasteiger partial charge in [-0.25, -0.2) is 0 Å². The van der Waals surface area contributed by atoms with Gasteiger partial charge in [-0.05, 0) is 43.0 Å². The van der Waals surface area contributed by atoms with Crippen molar-refractivity contribution < 1.29 is 15.0 Å². The number of carbonyl (C=O) groups excluding carboxylic acids is 1. The number of carbonyl (C=O) groups is 1. The van der Waals surface area contributed by atoms with E-state index in [9.17, 15) is 15.0 Å². The average molecular weight is 247 g/mol. The smallest absolute Gasteiger partial charge is 0.246 e. The van der Waals surface area contributed by atoms with Crippen LogP contribution in [0.1, 0.15) is 24.8 Å². The van der Waals surface area contributed by atoms with Crippen LogP contribution in [-0.2, 0) is 4.79 Å². The summed E-state index contributed by atoms with van der Waals surface area (Å²) in [4.78, 5) is 13.7. The molecule has 0 spiro atoms. The van der Waals surface area contributed by atoms with Gasteiger partial charge in [-0.2, -0.15) is 0 Å². The second-order valence-corrected chi connectivity index (χ2v) is 4.47. The fourth-order valence-corrected chi connectivity index (χ4v) is 2.03. The average Bonchev–Trinajstić information content (AvgIpc) is 2.41. The number of nitrogens with zero attached hydrogens (tertiary/aromatic N) is 1. The van der Waals surface area contributed by atoms with Crippen molar-refractivity contribution in [2.45, 2.75) is 19.3 Å². The Bertz CT molecular complexity index is 462. The van der Waals surface area contributed by atoms with E-state index in [0.29, 0.717) is 5.56 Å². The molecule has 2 rings (SSSR count). The molecule has 0 aliphatic carbocycles. The molecule has 96 valence electrons. The molecule has 0 radical (unpaired) electrons. The third-order valence-electron chi connectivity index (χ3n) is 3.09. The molecule has 0 unspecified atom stereocenters. The highest BCUT2D eigenvalue weighted by molar-refractivity contribution is 5.91. The molecule has 4 nitrogen and oxygen atoms in total. The number of rotatable bonds is 2. The zero-order valence-corrected chi connectivity index (χ0v) is 10.2. The van der Waals surface area contributed by atoms with Gasteiger partial charge in [0.15, 0.2) is 11.5 Å². The Hall–Kier alpha value is -1.97. The van der Waals surface area contributed by atoms with Gasteiger partial charge in [0.05, 0.1) is 0 Å². The van der Waals surface area contributed by atoms with E-state index in [2.05, 4.69) is 0 Å². The van der Waals surface area contributed by atoms with Crippen LogP contribution in [0.25, 0.3) is 6.08 Å². The fourth-order valence-electron chi connectivity index (χ4n) is 2.03. The van der Waals surface area contributed by atoms with Crippen molar-refractivity contribution in [3.05, 3.63) is 29.8 Å². The van der Waals surface area contributed by atoms with E-state index in [1.54, 1.807) is 12.1 Å². The normalized spacial score (nSPS) is 16.1. The highest BCUT2D eigenvalue weighted by Crippen LogP contribution is 2.25. The Balaban J connectivity index is 2.01. The monoisotopic (exact) mass is 247 g/mol. The lowest BCUT2D eigenvalue weighted by molar-refractivity contribution is -0.126. The van der Waals surface area contributed by atoms with Crippen LogP contribution in [0.15, 0.2) is 24.3 Å². The quantitative estimate of drug-likeness (QED) is 0.621. The molecule has 1 aliphatic heterocycles. The Morgan fingerprint density at radius 3 is 2.50 bits per heavy atom. The molecule has 1 saturated heterocycles. The Morgan fingerprint density at radius 1 is 1.11 bits per heavy atom. The number of piperidine rings is 1. The van der Waals surface area contributed by atoms with Crippen molar-refractivity contribution in [2.75, 3.05) is 13.1 Å². The number of aromatic hydroxyl groups is 2. The summed E-state index contributed by atoms with van der Waals surface area (Å²) in [6.07, 6.45) is 6.49. The van der Waals surface area contributed by atoms with Crippen molar-refractivity contribution in [3.63, 3.8) is 0 Å². The number of amides is 1. The van der Waals surface area contributed by atoms with Crippen molar-refractivity contribution in [1.29, 1.82) is 0 Å². The molecule has 0 bridgehead atoms. The number of hydrogen-bond acceptors (Lipinski definition) is 3. The van der Waals surface area contributed by atoms with Gasteiger partial charge in [0.2, 0.25) is 5.91 Å². The molecule has 2 N–H and O–H groups in total. The molecule has 0 aromatic heterocycles. The van der Waals surface area contributed by atoms with E-state index in [1.807, 2.05) is 4.90 Å². The summed E-state index contributed by atoms with van der Waals surface area (Å²) < 4.78 is 0. The van der Waals surface area contributed by atoms with E-state index >= 15 is 0 Å². The van der Waals surface area contributed by atoms with Crippen LogP contribution in [0.5, 0.6) is 11.5 Å². The summed E-state index contributed by atoms with van der Waals surface area (Å²) in [7, 11) is 0. The first-order valence-electron chi connectivity index (χ1n) is 6.16. The maximum absolute atomic E-state index is 11.9. The highest BCUT2D eigenvalue weighted by atomic mass is 16.3. The predicted molar refractivity (Wildman–Crippen MR) is 69.2 cm³/mol. The zero-order chi connectivity index (χ0) is 13.0. The van der Waals surface area contributed by atoms with Gasteiger partial charge >= 0.3 is 0 Å². The van der Waals surface area contributed by atoms with Crippen LogP contribution >= 0.6 is 0 Å². The lowest BCUT2D eigenvalue weighted by Crippen LogP contribution is -2.34. The molecule has 1 heterocycles. The minimum atomic E-state index is -0.178. The first-order valence-corrected chi connectivity index (χ1v) is 6.16. The summed E-state index contributed by atoms with van der Waals surface area (Å²) in [5.74, 6) is -0.334. The first-order chi connectivity index (χ1) is 8.66. The molecule has 1 fully saturated rings. The summed E-state index contributed by atoms with van der Waals surface area (Å²) in [6, 6.07) is 4.48. The number of phenolic OH excluding ortho intramolecular Hbond substituents is 2. The number of phenols is 2. The van der Waals surface area contributed by atoms with Crippen molar-refractivity contribution in [3.8, 4) is 11.5 Å². The minimum Gasteiger partial charge on any atom is -0.504 e. The van der Waals surface area contributed by atoms with Gasteiger partial charge in [0.1, 0.15) is 0 Å². The summed E-state index contributed by atoms with van der Waals surface area (Å²) in [5, 5.41) is 18.5. The van der Waals surface area contributed by atoms with Crippen LogP contribution in [0.2, 0.25) is 0 Å². The maximum Gasteiger partial charge on any atom is 0.246 e. The van der Waals surface area contributed by atoms with Gasteiger partial charge < -0.3 is 15.1 Å². The predicted octanol–water partition coefficient (Wildman–Crippen LogP) is 2.12. The lowest BCUT2D eigenvalue weighted by Gasteiger charge is -2.25. The molecule has 1 aromatic rings. The van der Waals surface area contributed by atoms with Gasteiger partial charge in [-0.3, -0.25) is 4.79 Å². The highest BCUT2D eigenvalue weighted by Gasteiger charge is 2.13. The number of likely N-dealkylation sites (tertiary alicyclic amines) is 1. The zero-order valence-electron chi connectivity index (χ0n) is 10.2. The van der Waals surface area contributed by atoms with Crippen molar-refractivity contribution in [1.82, 2.24) is 4.90 Å². The second-order valence-electron chi connectivity index (χ2n) is 4.47. The summed E-state index contributed by atoms with van der Waals surface area (Å²) in [6.45, 7) is 1.65. The summed E-state index contributed by atoms with van der Waals surface area (Å²) >= 11 is 0. The standard InChI is InChI=1S/C14H17NO3/c16-12-6-4-11(10-13(12)17)5-7-14(18)15-8-2-1-3-9-15/h4-7,10,16-17H,1-3,8-9H2. The van der Waals surface area contributed by atoms with Gasteiger partial charge in [0.25, 0.3) is 0 Å². The van der Waals surface area contributed by atoms with Gasteiger partial charge in [0, 0.05) is 19.2 Å². The largest absolute Gasteiger partial charge is 0.504 e. The minimum absolute atomic E-state index is 0.00210. The SMILES string of the molecule is O=C(C=Cc1ccc(O)c(O)c1)N1CCCCC1. The molecule has 0 saturated carbocycles. The maximum atomic E-state index is 11.9. The lowest BCUT2D eigenvalue weighted by atomic mass is 10.1. The third-order valence-corrected chi connectivity index (χ3v) is 3.09. The van der Waals surface area contributed by atoms with E-state index < -0.39 is 0 Å². The van der Waals surface area contributed by atoms with Gasteiger partial charge in [-0.1, -0.05) is 6.07 Å². The number of benzene rings is 1. The molecule has 0 atom stereocenters. The van der Waals surface area contributed by atoms with Crippen LogP contribution in [0.3, 0.4) is 0 Å². The van der Waals surface area contributed by atoms with E-state index in [-0.39, 0.29) is 17.4 Å². The molecule has 18 heavy (non-hydrogen) atoms. The molecule has 1 aliphatic rings. The molecule has 1 aromatic carbocycles. The van der Waals surface area contributed by atoms with Crippen LogP contribution < -0.4 is 0 Å². The topological polar surface area (TPSA) is 60.8 Å². The molecule has 4 heteroatoms. The molecular formula is C14H17NO3. The van der Waals surface area contributed by atoms with Gasteiger partial charge in [-0.15, -0.1) is 0 Å². The fraction of sp³-hybridized carbons (Fsp3) is 0.357. The Kier molecular flexibility index (Phi) is 3.87. The van der Waals surface area contributed by atoms with Crippen LogP contribution in [-0.4, -0.2) is 34.1 Å². The van der Waals surface area contributed by atoms with Crippen molar-refractivity contribution >= 4 is 12.0 Å². The number of hydrogen-bond donors (Lipinski definition) is 2. The third kappa shape index (κ3) is 3.03. The Morgan fingerprint density at radius 2 is 1.83 bits per heavy atom. The summed E-state index contributed by atoms with van der Waals surface area (Å²) in [5.41, 5.74) is 0.690. The molecular weight excluding hydrogens is 230 g/mol.